The van der Waals surface area contributed by atoms with E-state index in [1.807, 2.05) is 43.1 Å². The molecule has 0 aromatic carbocycles. The van der Waals surface area contributed by atoms with Crippen LogP contribution in [0.15, 0.2) is 59.0 Å². The number of imidazole rings is 1. The predicted octanol–water partition coefficient (Wildman–Crippen LogP) is 4.00. The molecule has 0 saturated carbocycles. The van der Waals surface area contributed by atoms with E-state index in [0.717, 1.165) is 78.3 Å². The third-order valence-electron chi connectivity index (χ3n) is 8.22. The van der Waals surface area contributed by atoms with Crippen LogP contribution in [-0.4, -0.2) is 63.7 Å². The average Bonchev–Trinajstić information content (AvgIpc) is 3.55. The van der Waals surface area contributed by atoms with Gasteiger partial charge in [0.15, 0.2) is 5.65 Å². The highest BCUT2D eigenvalue weighted by molar-refractivity contribution is 7.99. The molecule has 0 amide bonds. The summed E-state index contributed by atoms with van der Waals surface area (Å²) in [4.78, 5) is 25.2. The number of fused-ring (bicyclic) bond motifs is 2. The average molecular weight is 549 g/mol. The molecule has 11 heteroatoms. The summed E-state index contributed by atoms with van der Waals surface area (Å²) < 4.78 is 7.57. The van der Waals surface area contributed by atoms with Crippen molar-refractivity contribution in [3.05, 3.63) is 65.5 Å². The molecule has 7 rings (SSSR count). The van der Waals surface area contributed by atoms with E-state index in [1.165, 1.54) is 5.56 Å². The first-order chi connectivity index (χ1) is 18.6. The highest BCUT2D eigenvalue weighted by Gasteiger charge is 2.46. The van der Waals surface area contributed by atoms with Crippen molar-refractivity contribution in [3.8, 4) is 0 Å². The van der Waals surface area contributed by atoms with E-state index < -0.39 is 0 Å². The largest absolute Gasteiger partial charge is 0.378 e. The maximum atomic E-state index is 6.84. The van der Waals surface area contributed by atoms with E-state index in [-0.39, 0.29) is 11.5 Å². The Balaban J connectivity index is 1.12. The lowest BCUT2D eigenvalue weighted by Crippen LogP contribution is -2.45. The van der Waals surface area contributed by atoms with E-state index in [2.05, 4.69) is 35.2 Å². The standard InChI is InChI=1S/C27H29ClN8OS/c28-22-20(3-7-31-25(22)34-12-14-37-15-13-34)38-21-17-33-26(36-11-8-32-24(21)36)35-9-4-27(5-10-35)16-19-18(23(27)29)2-1-6-30-19/h1-3,6-8,11,17,23H,4-5,9-10,12-16,29H2/t23-/m1/s1. The van der Waals surface area contributed by atoms with Gasteiger partial charge in [-0.2, -0.15) is 0 Å². The summed E-state index contributed by atoms with van der Waals surface area (Å²) in [5.74, 6) is 1.71. The van der Waals surface area contributed by atoms with Crippen LogP contribution in [0.4, 0.5) is 11.8 Å². The molecule has 9 nitrogen and oxygen atoms in total. The van der Waals surface area contributed by atoms with Gasteiger partial charge >= 0.3 is 0 Å². The van der Waals surface area contributed by atoms with Gasteiger partial charge in [-0.05, 0) is 42.4 Å². The summed E-state index contributed by atoms with van der Waals surface area (Å²) in [6, 6.07) is 6.13. The minimum atomic E-state index is 0.0424. The van der Waals surface area contributed by atoms with E-state index in [1.54, 1.807) is 11.8 Å². The molecule has 2 aliphatic heterocycles. The maximum absolute atomic E-state index is 6.84. The summed E-state index contributed by atoms with van der Waals surface area (Å²) in [7, 11) is 0. The van der Waals surface area contributed by atoms with Gasteiger partial charge in [0.05, 0.1) is 23.1 Å². The van der Waals surface area contributed by atoms with Gasteiger partial charge < -0.3 is 20.3 Å². The second-order valence-corrected chi connectivity index (χ2v) is 11.7. The van der Waals surface area contributed by atoms with Crippen molar-refractivity contribution in [1.29, 1.82) is 0 Å². The van der Waals surface area contributed by atoms with Gasteiger partial charge in [0.25, 0.3) is 0 Å². The molecule has 1 atom stereocenters. The second kappa shape index (κ2) is 9.68. The van der Waals surface area contributed by atoms with Gasteiger partial charge in [0.1, 0.15) is 5.82 Å². The molecule has 2 fully saturated rings. The van der Waals surface area contributed by atoms with Crippen LogP contribution >= 0.6 is 23.4 Å². The van der Waals surface area contributed by atoms with E-state index in [4.69, 9.17) is 27.1 Å². The summed E-state index contributed by atoms with van der Waals surface area (Å²) >= 11 is 8.41. The summed E-state index contributed by atoms with van der Waals surface area (Å²) in [6.07, 6.45) is 12.4. The van der Waals surface area contributed by atoms with Gasteiger partial charge in [-0.1, -0.05) is 29.4 Å². The Hall–Kier alpha value is -2.92. The summed E-state index contributed by atoms with van der Waals surface area (Å²) in [5, 5.41) is 0.651. The number of ether oxygens (including phenoxy) is 1. The van der Waals surface area contributed by atoms with Crippen LogP contribution in [0.3, 0.4) is 0 Å². The molecule has 2 saturated heterocycles. The Kier molecular flexibility index (Phi) is 6.15. The van der Waals surface area contributed by atoms with Gasteiger partial charge in [0, 0.05) is 73.8 Å². The van der Waals surface area contributed by atoms with Crippen LogP contribution in [0.5, 0.6) is 0 Å². The number of nitrogens with zero attached hydrogens (tertiary/aromatic N) is 7. The minimum absolute atomic E-state index is 0.0424. The van der Waals surface area contributed by atoms with Crippen LogP contribution in [0.1, 0.15) is 30.1 Å². The molecule has 196 valence electrons. The number of morpholine rings is 1. The Morgan fingerprint density at radius 3 is 2.61 bits per heavy atom. The van der Waals surface area contributed by atoms with Crippen molar-refractivity contribution in [3.63, 3.8) is 0 Å². The van der Waals surface area contributed by atoms with E-state index >= 15 is 0 Å². The van der Waals surface area contributed by atoms with E-state index in [9.17, 15) is 0 Å². The number of hydrogen-bond acceptors (Lipinski definition) is 9. The summed E-state index contributed by atoms with van der Waals surface area (Å²) in [6.45, 7) is 4.73. The molecule has 0 bridgehead atoms. The summed E-state index contributed by atoms with van der Waals surface area (Å²) in [5.41, 5.74) is 10.1. The topological polar surface area (TPSA) is 97.7 Å². The van der Waals surface area contributed by atoms with Crippen LogP contribution in [0, 0.1) is 5.41 Å². The molecular weight excluding hydrogens is 520 g/mol. The number of rotatable bonds is 4. The molecule has 3 aliphatic rings. The lowest BCUT2D eigenvalue weighted by molar-refractivity contribution is 0.122. The SMILES string of the molecule is N[C@@H]1c2cccnc2CC12CCN(c1ncc(Sc3ccnc(N4CCOCC4)c3Cl)c3nccn13)CC2. The van der Waals surface area contributed by atoms with Gasteiger partial charge in [0.2, 0.25) is 5.95 Å². The first-order valence-corrected chi connectivity index (χ1v) is 14.2. The Morgan fingerprint density at radius 2 is 1.79 bits per heavy atom. The molecule has 2 N–H and O–H groups in total. The fourth-order valence-corrected chi connectivity index (χ4v) is 7.33. The number of pyridine rings is 2. The molecule has 4 aromatic heterocycles. The molecule has 6 heterocycles. The van der Waals surface area contributed by atoms with Crippen LogP contribution in [-0.2, 0) is 11.2 Å². The molecule has 38 heavy (non-hydrogen) atoms. The zero-order chi connectivity index (χ0) is 25.7. The van der Waals surface area contributed by atoms with Crippen LogP contribution < -0.4 is 15.5 Å². The molecule has 0 unspecified atom stereocenters. The number of aromatic nitrogens is 5. The minimum Gasteiger partial charge on any atom is -0.378 e. The van der Waals surface area contributed by atoms with Gasteiger partial charge in [-0.25, -0.2) is 15.0 Å². The van der Waals surface area contributed by atoms with Crippen molar-refractivity contribution in [1.82, 2.24) is 24.3 Å². The Labute approximate surface area is 230 Å². The predicted molar refractivity (Wildman–Crippen MR) is 148 cm³/mol. The monoisotopic (exact) mass is 548 g/mol. The third kappa shape index (κ3) is 4.02. The number of halogens is 1. The number of hydrogen-bond donors (Lipinski definition) is 1. The van der Waals surface area contributed by atoms with Crippen molar-refractivity contribution >= 4 is 40.8 Å². The Morgan fingerprint density at radius 1 is 0.947 bits per heavy atom. The van der Waals surface area contributed by atoms with Crippen LogP contribution in [0.25, 0.3) is 5.65 Å². The van der Waals surface area contributed by atoms with Crippen molar-refractivity contribution in [2.75, 3.05) is 49.2 Å². The number of piperidine rings is 1. The zero-order valence-corrected chi connectivity index (χ0v) is 22.5. The molecule has 1 aliphatic carbocycles. The van der Waals surface area contributed by atoms with Gasteiger partial charge in [-0.3, -0.25) is 9.38 Å². The van der Waals surface area contributed by atoms with Gasteiger partial charge in [-0.15, -0.1) is 0 Å². The fourth-order valence-electron chi connectivity index (χ4n) is 6.09. The zero-order valence-electron chi connectivity index (χ0n) is 21.0. The number of nitrogens with two attached hydrogens (primary N) is 1. The van der Waals surface area contributed by atoms with Crippen molar-refractivity contribution in [2.24, 2.45) is 11.1 Å². The Bertz CT molecular complexity index is 1480. The first-order valence-electron chi connectivity index (χ1n) is 13.0. The molecular formula is C27H29ClN8OS. The lowest BCUT2D eigenvalue weighted by atomic mass is 9.73. The second-order valence-electron chi connectivity index (χ2n) is 10.2. The first kappa shape index (κ1) is 24.1. The quantitative estimate of drug-likeness (QED) is 0.405. The lowest BCUT2D eigenvalue weighted by Gasteiger charge is -2.42. The highest BCUT2D eigenvalue weighted by atomic mass is 35.5. The maximum Gasteiger partial charge on any atom is 0.211 e. The van der Waals surface area contributed by atoms with E-state index in [0.29, 0.717) is 18.2 Å². The van der Waals surface area contributed by atoms with Crippen LogP contribution in [0.2, 0.25) is 5.02 Å². The molecule has 1 spiro atoms. The normalized spacial score (nSPS) is 20.8. The highest BCUT2D eigenvalue weighted by Crippen LogP contribution is 2.50. The third-order valence-corrected chi connectivity index (χ3v) is 9.77. The molecule has 0 radical (unpaired) electrons. The smallest absolute Gasteiger partial charge is 0.211 e. The van der Waals surface area contributed by atoms with Crippen molar-refractivity contribution < 1.29 is 4.74 Å². The molecule has 4 aromatic rings. The fraction of sp³-hybridized carbons (Fsp3) is 0.407. The van der Waals surface area contributed by atoms with Crippen molar-refractivity contribution in [2.45, 2.75) is 35.1 Å². The number of anilines is 2.